The number of aryl methyl sites for hydroxylation is 1. The van der Waals surface area contributed by atoms with Gasteiger partial charge in [0.05, 0.1) is 5.39 Å². The predicted molar refractivity (Wildman–Crippen MR) is 101 cm³/mol. The van der Waals surface area contributed by atoms with Crippen LogP contribution in [0.1, 0.15) is 30.2 Å². The lowest BCUT2D eigenvalue weighted by atomic mass is 9.87. The van der Waals surface area contributed by atoms with Crippen molar-refractivity contribution in [2.75, 3.05) is 0 Å². The monoisotopic (exact) mass is 363 g/mol. The van der Waals surface area contributed by atoms with E-state index in [0.717, 1.165) is 36.1 Å². The van der Waals surface area contributed by atoms with Gasteiger partial charge in [0, 0.05) is 24.6 Å². The molecular formula is C20H21N5O2. The second kappa shape index (κ2) is 7.26. The Morgan fingerprint density at radius 2 is 2.30 bits per heavy atom. The zero-order chi connectivity index (χ0) is 18.8. The molecule has 0 aliphatic heterocycles. The zero-order valence-corrected chi connectivity index (χ0v) is 15.2. The molecule has 0 spiro atoms. The number of carbonyl (C=O) groups excluding carboxylic acids is 1. The molecule has 0 fully saturated rings. The van der Waals surface area contributed by atoms with Gasteiger partial charge in [-0.3, -0.25) is 19.1 Å². The predicted octanol–water partition coefficient (Wildman–Crippen LogP) is 1.63. The standard InChI is InChI=1S/C20H21N5O2/c1-13-4-5-17-15(7-13)8-16-19(24-17)23-12-25(20(16)27)11-18(26)22-10-14-3-2-6-21-9-14/h2-3,6,8-9,12-13H,4-5,7,10-11H2,1H3,(H,22,26). The molecular weight excluding hydrogens is 342 g/mol. The van der Waals surface area contributed by atoms with Crippen LogP contribution in [-0.4, -0.2) is 25.4 Å². The van der Waals surface area contributed by atoms with Crippen molar-refractivity contribution in [3.8, 4) is 0 Å². The minimum absolute atomic E-state index is 0.0739. The Morgan fingerprint density at radius 3 is 3.11 bits per heavy atom. The minimum Gasteiger partial charge on any atom is -0.350 e. The second-order valence-electron chi connectivity index (χ2n) is 7.13. The van der Waals surface area contributed by atoms with Gasteiger partial charge in [-0.15, -0.1) is 0 Å². The van der Waals surface area contributed by atoms with Gasteiger partial charge in [0.25, 0.3) is 5.56 Å². The fraction of sp³-hybridized carbons (Fsp3) is 0.350. The number of hydrogen-bond acceptors (Lipinski definition) is 5. The maximum absolute atomic E-state index is 12.8. The van der Waals surface area contributed by atoms with Crippen LogP contribution >= 0.6 is 0 Å². The molecule has 7 nitrogen and oxygen atoms in total. The highest BCUT2D eigenvalue weighted by molar-refractivity contribution is 5.77. The maximum atomic E-state index is 12.8. The van der Waals surface area contributed by atoms with Gasteiger partial charge in [-0.1, -0.05) is 13.0 Å². The molecule has 1 aliphatic rings. The number of nitrogens with one attached hydrogen (secondary N) is 1. The van der Waals surface area contributed by atoms with Gasteiger partial charge in [-0.25, -0.2) is 9.97 Å². The van der Waals surface area contributed by atoms with Crippen LogP contribution in [0.15, 0.2) is 41.7 Å². The first kappa shape index (κ1) is 17.3. The first-order valence-electron chi connectivity index (χ1n) is 9.13. The second-order valence-corrected chi connectivity index (χ2v) is 7.13. The zero-order valence-electron chi connectivity index (χ0n) is 15.2. The van der Waals surface area contributed by atoms with Crippen LogP contribution in [0, 0.1) is 5.92 Å². The summed E-state index contributed by atoms with van der Waals surface area (Å²) in [5, 5.41) is 3.27. The Labute approximate surface area is 156 Å². The molecule has 7 heteroatoms. The molecule has 4 rings (SSSR count). The highest BCUT2D eigenvalue weighted by Gasteiger charge is 2.19. The summed E-state index contributed by atoms with van der Waals surface area (Å²) >= 11 is 0. The number of fused-ring (bicyclic) bond motifs is 2. The van der Waals surface area contributed by atoms with Crippen LogP contribution in [0.4, 0.5) is 0 Å². The van der Waals surface area contributed by atoms with Gasteiger partial charge in [-0.2, -0.15) is 0 Å². The third-order valence-electron chi connectivity index (χ3n) is 4.95. The normalized spacial score (nSPS) is 16.1. The number of rotatable bonds is 4. The number of hydrogen-bond donors (Lipinski definition) is 1. The van der Waals surface area contributed by atoms with E-state index in [2.05, 4.69) is 27.2 Å². The van der Waals surface area contributed by atoms with E-state index in [-0.39, 0.29) is 18.0 Å². The summed E-state index contributed by atoms with van der Waals surface area (Å²) in [5.74, 6) is 0.343. The smallest absolute Gasteiger partial charge is 0.263 e. The highest BCUT2D eigenvalue weighted by atomic mass is 16.2. The number of nitrogens with zero attached hydrogens (tertiary/aromatic N) is 4. The summed E-state index contributed by atoms with van der Waals surface area (Å²) in [7, 11) is 0. The van der Waals surface area contributed by atoms with E-state index in [1.807, 2.05) is 18.2 Å². The summed E-state index contributed by atoms with van der Waals surface area (Å²) in [5.41, 5.74) is 3.29. The van der Waals surface area contributed by atoms with Crippen LogP contribution in [0.2, 0.25) is 0 Å². The SMILES string of the molecule is CC1CCc2nc3ncn(CC(=O)NCc4cccnc4)c(=O)c3cc2C1. The molecule has 0 saturated carbocycles. The molecule has 1 atom stereocenters. The molecule has 3 heterocycles. The summed E-state index contributed by atoms with van der Waals surface area (Å²) < 4.78 is 1.33. The van der Waals surface area contributed by atoms with Crippen molar-refractivity contribution < 1.29 is 4.79 Å². The minimum atomic E-state index is -0.248. The Kier molecular flexibility index (Phi) is 4.66. The van der Waals surface area contributed by atoms with Crippen molar-refractivity contribution >= 4 is 16.9 Å². The molecule has 0 radical (unpaired) electrons. The third-order valence-corrected chi connectivity index (χ3v) is 4.95. The fourth-order valence-electron chi connectivity index (χ4n) is 3.45. The van der Waals surface area contributed by atoms with Crippen molar-refractivity contribution in [1.29, 1.82) is 0 Å². The maximum Gasteiger partial charge on any atom is 0.263 e. The first-order valence-corrected chi connectivity index (χ1v) is 9.13. The van der Waals surface area contributed by atoms with Crippen LogP contribution in [0.3, 0.4) is 0 Å². The molecule has 1 amide bonds. The van der Waals surface area contributed by atoms with E-state index >= 15 is 0 Å². The van der Waals surface area contributed by atoms with Gasteiger partial charge in [0.15, 0.2) is 5.65 Å². The Morgan fingerprint density at radius 1 is 1.41 bits per heavy atom. The number of aromatic nitrogens is 4. The molecule has 0 aromatic carbocycles. The molecule has 1 unspecified atom stereocenters. The van der Waals surface area contributed by atoms with E-state index in [4.69, 9.17) is 0 Å². The lowest BCUT2D eigenvalue weighted by Gasteiger charge is -2.20. The van der Waals surface area contributed by atoms with Crippen LogP contribution in [0.5, 0.6) is 0 Å². The van der Waals surface area contributed by atoms with E-state index in [9.17, 15) is 9.59 Å². The van der Waals surface area contributed by atoms with Crippen molar-refractivity contribution in [2.45, 2.75) is 39.3 Å². The molecule has 3 aromatic heterocycles. The van der Waals surface area contributed by atoms with E-state index in [1.54, 1.807) is 12.4 Å². The summed E-state index contributed by atoms with van der Waals surface area (Å²) in [6.07, 6.45) is 7.74. The van der Waals surface area contributed by atoms with Crippen molar-refractivity contribution in [2.24, 2.45) is 5.92 Å². The average molecular weight is 363 g/mol. The molecule has 0 saturated heterocycles. The van der Waals surface area contributed by atoms with Gasteiger partial charge < -0.3 is 5.32 Å². The third kappa shape index (κ3) is 3.72. The van der Waals surface area contributed by atoms with Gasteiger partial charge in [0.2, 0.25) is 5.91 Å². The molecule has 1 aliphatic carbocycles. The van der Waals surface area contributed by atoms with Crippen LogP contribution in [0.25, 0.3) is 11.0 Å². The lowest BCUT2D eigenvalue weighted by molar-refractivity contribution is -0.121. The van der Waals surface area contributed by atoms with Gasteiger partial charge in [-0.05, 0) is 48.4 Å². The quantitative estimate of drug-likeness (QED) is 0.761. The molecule has 138 valence electrons. The fourth-order valence-corrected chi connectivity index (χ4v) is 3.45. The Balaban J connectivity index is 1.54. The van der Waals surface area contributed by atoms with Crippen LogP contribution < -0.4 is 10.9 Å². The molecule has 3 aromatic rings. The van der Waals surface area contributed by atoms with Gasteiger partial charge in [0.1, 0.15) is 12.9 Å². The largest absolute Gasteiger partial charge is 0.350 e. The number of carbonyl (C=O) groups is 1. The molecule has 27 heavy (non-hydrogen) atoms. The Hall–Kier alpha value is -3.09. The van der Waals surface area contributed by atoms with E-state index < -0.39 is 0 Å². The highest BCUT2D eigenvalue weighted by Crippen LogP contribution is 2.25. The van der Waals surface area contributed by atoms with E-state index in [0.29, 0.717) is 23.5 Å². The average Bonchev–Trinajstić information content (AvgIpc) is 2.68. The first-order chi connectivity index (χ1) is 13.1. The van der Waals surface area contributed by atoms with Crippen LogP contribution in [-0.2, 0) is 30.7 Å². The van der Waals surface area contributed by atoms with Gasteiger partial charge >= 0.3 is 0 Å². The van der Waals surface area contributed by atoms with Crippen molar-refractivity contribution in [1.82, 2.24) is 24.8 Å². The molecule has 0 bridgehead atoms. The summed E-state index contributed by atoms with van der Waals surface area (Å²) in [6.45, 7) is 2.51. The Bertz CT molecular complexity index is 1050. The van der Waals surface area contributed by atoms with Crippen molar-refractivity contribution in [3.05, 3.63) is 64.1 Å². The molecule has 1 N–H and O–H groups in total. The lowest BCUT2D eigenvalue weighted by Crippen LogP contribution is -2.32. The summed E-state index contributed by atoms with van der Waals surface area (Å²) in [6, 6.07) is 5.60. The number of amides is 1. The van der Waals surface area contributed by atoms with E-state index in [1.165, 1.54) is 10.9 Å². The van der Waals surface area contributed by atoms with Crippen molar-refractivity contribution in [3.63, 3.8) is 0 Å². The number of pyridine rings is 2. The topological polar surface area (TPSA) is 89.8 Å². The summed E-state index contributed by atoms with van der Waals surface area (Å²) in [4.78, 5) is 37.9.